The van der Waals surface area contributed by atoms with E-state index in [-0.39, 0.29) is 6.03 Å². The second kappa shape index (κ2) is 9.49. The molecule has 150 valence electrons. The van der Waals surface area contributed by atoms with E-state index in [0.717, 1.165) is 43.9 Å². The molecule has 0 bridgehead atoms. The minimum absolute atomic E-state index is 0.0182. The van der Waals surface area contributed by atoms with Crippen molar-refractivity contribution in [2.24, 2.45) is 0 Å². The Bertz CT molecular complexity index is 766. The van der Waals surface area contributed by atoms with Crippen molar-refractivity contribution in [2.75, 3.05) is 44.7 Å². The summed E-state index contributed by atoms with van der Waals surface area (Å²) in [6, 6.07) is 16.7. The van der Waals surface area contributed by atoms with Crippen LogP contribution in [-0.2, 0) is 6.42 Å². The number of methoxy groups -OCH3 is 1. The molecule has 0 spiro atoms. The smallest absolute Gasteiger partial charge is 0.317 e. The van der Waals surface area contributed by atoms with Crippen molar-refractivity contribution in [2.45, 2.75) is 26.2 Å². The highest BCUT2D eigenvalue weighted by Gasteiger charge is 2.21. The van der Waals surface area contributed by atoms with Gasteiger partial charge in [0.25, 0.3) is 0 Å². The zero-order chi connectivity index (χ0) is 19.9. The van der Waals surface area contributed by atoms with Crippen molar-refractivity contribution >= 4 is 11.7 Å². The summed E-state index contributed by atoms with van der Waals surface area (Å²) in [6.07, 6.45) is 0.762. The van der Waals surface area contributed by atoms with Crippen molar-refractivity contribution in [3.63, 3.8) is 0 Å². The first-order valence-corrected chi connectivity index (χ1v) is 10.1. The molecule has 2 aromatic carbocycles. The van der Waals surface area contributed by atoms with Crippen molar-refractivity contribution < 1.29 is 9.53 Å². The predicted molar refractivity (Wildman–Crippen MR) is 114 cm³/mol. The number of piperazine rings is 1. The van der Waals surface area contributed by atoms with Crippen LogP contribution >= 0.6 is 0 Å². The Kier molecular flexibility index (Phi) is 6.80. The molecule has 0 aliphatic carbocycles. The SMILES string of the molecule is COc1ccccc1CCNC(=O)N1CCN(c2ccc(C(C)C)cc2)CC1. The molecule has 1 fully saturated rings. The molecule has 0 radical (unpaired) electrons. The maximum Gasteiger partial charge on any atom is 0.317 e. The molecule has 5 nitrogen and oxygen atoms in total. The van der Waals surface area contributed by atoms with Crippen molar-refractivity contribution in [3.8, 4) is 5.75 Å². The molecule has 2 amide bonds. The lowest BCUT2D eigenvalue weighted by molar-refractivity contribution is 0.194. The van der Waals surface area contributed by atoms with Crippen LogP contribution in [0.3, 0.4) is 0 Å². The van der Waals surface area contributed by atoms with E-state index in [1.165, 1.54) is 11.3 Å². The molecule has 1 aliphatic heterocycles. The second-order valence-corrected chi connectivity index (χ2v) is 7.51. The molecule has 2 aromatic rings. The summed E-state index contributed by atoms with van der Waals surface area (Å²) in [5.74, 6) is 1.42. The molecule has 0 saturated carbocycles. The van der Waals surface area contributed by atoms with Gasteiger partial charge in [-0.2, -0.15) is 0 Å². The third-order valence-corrected chi connectivity index (χ3v) is 5.35. The van der Waals surface area contributed by atoms with Crippen LogP contribution in [0.15, 0.2) is 48.5 Å². The number of carbonyl (C=O) groups is 1. The van der Waals surface area contributed by atoms with Gasteiger partial charge in [-0.3, -0.25) is 0 Å². The van der Waals surface area contributed by atoms with E-state index < -0.39 is 0 Å². The summed E-state index contributed by atoms with van der Waals surface area (Å²) in [5, 5.41) is 3.04. The minimum atomic E-state index is 0.0182. The van der Waals surface area contributed by atoms with Gasteiger partial charge in [-0.25, -0.2) is 4.79 Å². The normalized spacial score (nSPS) is 14.3. The van der Waals surface area contributed by atoms with Crippen LogP contribution in [0.25, 0.3) is 0 Å². The van der Waals surface area contributed by atoms with Crippen LogP contribution in [0.4, 0.5) is 10.5 Å². The van der Waals surface area contributed by atoms with Crippen LogP contribution in [0, 0.1) is 0 Å². The van der Waals surface area contributed by atoms with Crippen LogP contribution < -0.4 is 15.0 Å². The van der Waals surface area contributed by atoms with Gasteiger partial charge in [-0.1, -0.05) is 44.2 Å². The largest absolute Gasteiger partial charge is 0.496 e. The quantitative estimate of drug-likeness (QED) is 0.826. The fourth-order valence-corrected chi connectivity index (χ4v) is 3.56. The topological polar surface area (TPSA) is 44.8 Å². The molecule has 1 heterocycles. The van der Waals surface area contributed by atoms with Gasteiger partial charge in [0.15, 0.2) is 0 Å². The Hall–Kier alpha value is -2.69. The fraction of sp³-hybridized carbons (Fsp3) is 0.435. The summed E-state index contributed by atoms with van der Waals surface area (Å²) < 4.78 is 5.36. The second-order valence-electron chi connectivity index (χ2n) is 7.51. The lowest BCUT2D eigenvalue weighted by atomic mass is 10.0. The van der Waals surface area contributed by atoms with Crippen molar-refractivity contribution in [1.82, 2.24) is 10.2 Å². The lowest BCUT2D eigenvalue weighted by Crippen LogP contribution is -2.52. The Morgan fingerprint density at radius 1 is 1.04 bits per heavy atom. The zero-order valence-corrected chi connectivity index (χ0v) is 17.1. The molecule has 1 saturated heterocycles. The number of ether oxygens (including phenoxy) is 1. The molecule has 0 atom stereocenters. The highest BCUT2D eigenvalue weighted by atomic mass is 16.5. The van der Waals surface area contributed by atoms with Crippen molar-refractivity contribution in [3.05, 3.63) is 59.7 Å². The van der Waals surface area contributed by atoms with Gasteiger partial charge in [0.1, 0.15) is 5.75 Å². The van der Waals surface area contributed by atoms with E-state index in [1.807, 2.05) is 29.2 Å². The number of nitrogens with one attached hydrogen (secondary N) is 1. The Balaban J connectivity index is 1.44. The maximum atomic E-state index is 12.5. The van der Waals surface area contributed by atoms with Crippen LogP contribution in [0.1, 0.15) is 30.9 Å². The summed E-state index contributed by atoms with van der Waals surface area (Å²) in [4.78, 5) is 16.7. The Morgan fingerprint density at radius 3 is 2.36 bits per heavy atom. The molecular weight excluding hydrogens is 350 g/mol. The number of benzene rings is 2. The van der Waals surface area contributed by atoms with E-state index in [4.69, 9.17) is 4.74 Å². The molecular formula is C23H31N3O2. The molecule has 0 aromatic heterocycles. The standard InChI is InChI=1S/C23H31N3O2/c1-18(2)19-8-10-21(11-9-19)25-14-16-26(17-15-25)23(27)24-13-12-20-6-4-5-7-22(20)28-3/h4-11,18H,12-17H2,1-3H3,(H,24,27). The summed E-state index contributed by atoms with van der Waals surface area (Å²) in [5.41, 5.74) is 3.71. The third kappa shape index (κ3) is 4.97. The Morgan fingerprint density at radius 2 is 1.71 bits per heavy atom. The van der Waals surface area contributed by atoms with Crippen LogP contribution in [-0.4, -0.2) is 50.8 Å². The predicted octanol–water partition coefficient (Wildman–Crippen LogP) is 3.89. The van der Waals surface area contributed by atoms with Gasteiger partial charge in [0.2, 0.25) is 0 Å². The highest BCUT2D eigenvalue weighted by Crippen LogP contribution is 2.21. The van der Waals surface area contributed by atoms with E-state index in [9.17, 15) is 4.79 Å². The summed E-state index contributed by atoms with van der Waals surface area (Å²) in [7, 11) is 1.67. The lowest BCUT2D eigenvalue weighted by Gasteiger charge is -2.36. The number of nitrogens with zero attached hydrogens (tertiary/aromatic N) is 2. The fourth-order valence-electron chi connectivity index (χ4n) is 3.56. The van der Waals surface area contributed by atoms with E-state index in [2.05, 4.69) is 48.3 Å². The van der Waals surface area contributed by atoms with Crippen molar-refractivity contribution in [1.29, 1.82) is 0 Å². The molecule has 1 aliphatic rings. The molecule has 0 unspecified atom stereocenters. The molecule has 5 heteroatoms. The van der Waals surface area contributed by atoms with Crippen LogP contribution in [0.2, 0.25) is 0 Å². The first-order valence-electron chi connectivity index (χ1n) is 10.1. The Labute approximate surface area is 168 Å². The number of anilines is 1. The minimum Gasteiger partial charge on any atom is -0.496 e. The summed E-state index contributed by atoms with van der Waals surface area (Å²) in [6.45, 7) is 8.23. The van der Waals surface area contributed by atoms with Gasteiger partial charge in [-0.15, -0.1) is 0 Å². The number of rotatable bonds is 6. The van der Waals surface area contributed by atoms with Gasteiger partial charge < -0.3 is 19.9 Å². The van der Waals surface area contributed by atoms with Gasteiger partial charge in [0.05, 0.1) is 7.11 Å². The number of hydrogen-bond acceptors (Lipinski definition) is 3. The van der Waals surface area contributed by atoms with Gasteiger partial charge in [-0.05, 0) is 41.7 Å². The third-order valence-electron chi connectivity index (χ3n) is 5.35. The van der Waals surface area contributed by atoms with E-state index in [0.29, 0.717) is 12.5 Å². The number of hydrogen-bond donors (Lipinski definition) is 1. The first kappa shape index (κ1) is 20.1. The average molecular weight is 382 g/mol. The van der Waals surface area contributed by atoms with Gasteiger partial charge in [0, 0.05) is 38.4 Å². The molecule has 1 N–H and O–H groups in total. The van der Waals surface area contributed by atoms with E-state index in [1.54, 1.807) is 7.11 Å². The number of carbonyl (C=O) groups excluding carboxylic acids is 1. The average Bonchev–Trinajstić information content (AvgIpc) is 2.74. The zero-order valence-electron chi connectivity index (χ0n) is 17.1. The number of urea groups is 1. The van der Waals surface area contributed by atoms with E-state index >= 15 is 0 Å². The molecule has 28 heavy (non-hydrogen) atoms. The van der Waals surface area contributed by atoms with Crippen LogP contribution in [0.5, 0.6) is 5.75 Å². The molecule has 3 rings (SSSR count). The number of amides is 2. The number of para-hydroxylation sites is 1. The first-order chi connectivity index (χ1) is 13.6. The maximum absolute atomic E-state index is 12.5. The highest BCUT2D eigenvalue weighted by molar-refractivity contribution is 5.74. The van der Waals surface area contributed by atoms with Gasteiger partial charge >= 0.3 is 6.03 Å². The summed E-state index contributed by atoms with van der Waals surface area (Å²) >= 11 is 0. The monoisotopic (exact) mass is 381 g/mol.